The number of hydroxylamine groups is 2. The summed E-state index contributed by atoms with van der Waals surface area (Å²) in [7, 11) is 1.84. The number of carbonyl (C=O) groups is 1. The van der Waals surface area contributed by atoms with E-state index in [-0.39, 0.29) is 5.97 Å². The first-order valence-corrected chi connectivity index (χ1v) is 6.37. The lowest BCUT2D eigenvalue weighted by Gasteiger charge is -2.30. The van der Waals surface area contributed by atoms with Crippen LogP contribution >= 0.6 is 0 Å². The highest BCUT2D eigenvalue weighted by atomic mass is 16.7. The minimum absolute atomic E-state index is 0.172. The van der Waals surface area contributed by atoms with Crippen LogP contribution in [-0.2, 0) is 15.2 Å². The Kier molecular flexibility index (Phi) is 1.96. The van der Waals surface area contributed by atoms with Gasteiger partial charge >= 0.3 is 5.97 Å². The largest absolute Gasteiger partial charge is 0.367 e. The first-order chi connectivity index (χ1) is 9.23. The van der Waals surface area contributed by atoms with Crippen LogP contribution in [0.4, 0.5) is 0 Å². The van der Waals surface area contributed by atoms with Crippen molar-refractivity contribution in [1.82, 2.24) is 5.06 Å². The second kappa shape index (κ2) is 3.45. The van der Waals surface area contributed by atoms with Gasteiger partial charge in [-0.2, -0.15) is 0 Å². The molecule has 4 rings (SSSR count). The van der Waals surface area contributed by atoms with E-state index in [4.69, 9.17) is 4.84 Å². The summed E-state index contributed by atoms with van der Waals surface area (Å²) in [6.07, 6.45) is 0.373. The van der Waals surface area contributed by atoms with E-state index in [1.54, 1.807) is 5.06 Å². The molecule has 0 atom stereocenters. The van der Waals surface area contributed by atoms with E-state index in [1.807, 2.05) is 31.3 Å². The zero-order valence-corrected chi connectivity index (χ0v) is 10.6. The van der Waals surface area contributed by atoms with Crippen molar-refractivity contribution in [3.8, 4) is 11.1 Å². The second-order valence-corrected chi connectivity index (χ2v) is 5.09. The summed E-state index contributed by atoms with van der Waals surface area (Å²) in [4.78, 5) is 17.1. The third-order valence-corrected chi connectivity index (χ3v) is 4.21. The molecule has 3 heteroatoms. The number of hydrogen-bond donors (Lipinski definition) is 0. The van der Waals surface area contributed by atoms with Gasteiger partial charge in [-0.05, 0) is 22.3 Å². The summed E-state index contributed by atoms with van der Waals surface area (Å²) in [5, 5.41) is 1.71. The van der Waals surface area contributed by atoms with Crippen molar-refractivity contribution < 1.29 is 9.63 Å². The summed E-state index contributed by atoms with van der Waals surface area (Å²) in [5.41, 5.74) is 4.25. The maximum Gasteiger partial charge on any atom is 0.327 e. The predicted octanol–water partition coefficient (Wildman–Crippen LogP) is 2.70. The van der Waals surface area contributed by atoms with E-state index in [0.717, 1.165) is 11.1 Å². The summed E-state index contributed by atoms with van der Waals surface area (Å²) in [6, 6.07) is 16.5. The maximum atomic E-state index is 11.8. The minimum atomic E-state index is -0.454. The number of rotatable bonds is 0. The molecule has 1 spiro atoms. The van der Waals surface area contributed by atoms with Gasteiger partial charge in [0.05, 0.1) is 6.42 Å². The molecular weight excluding hydrogens is 238 g/mol. The molecule has 94 valence electrons. The molecule has 0 unspecified atom stereocenters. The lowest BCUT2D eigenvalue weighted by Crippen LogP contribution is -2.37. The van der Waals surface area contributed by atoms with Crippen LogP contribution in [0.25, 0.3) is 11.1 Å². The average Bonchev–Trinajstić information content (AvgIpc) is 2.89. The van der Waals surface area contributed by atoms with Crippen LogP contribution in [-0.4, -0.2) is 18.1 Å². The molecule has 1 fully saturated rings. The third-order valence-electron chi connectivity index (χ3n) is 4.21. The summed E-state index contributed by atoms with van der Waals surface area (Å²) in [5.74, 6) is -0.172. The molecule has 2 aliphatic rings. The van der Waals surface area contributed by atoms with Crippen molar-refractivity contribution >= 4 is 5.97 Å². The molecule has 1 aliphatic carbocycles. The van der Waals surface area contributed by atoms with Gasteiger partial charge in [-0.15, -0.1) is 5.06 Å². The second-order valence-electron chi connectivity index (χ2n) is 5.09. The molecule has 2 aromatic carbocycles. The quantitative estimate of drug-likeness (QED) is 0.721. The molecule has 19 heavy (non-hydrogen) atoms. The molecule has 3 nitrogen and oxygen atoms in total. The van der Waals surface area contributed by atoms with Gasteiger partial charge in [-0.3, -0.25) is 4.79 Å². The molecule has 0 saturated carbocycles. The highest BCUT2D eigenvalue weighted by molar-refractivity contribution is 5.85. The lowest BCUT2D eigenvalue weighted by atomic mass is 9.85. The fourth-order valence-electron chi connectivity index (χ4n) is 3.42. The van der Waals surface area contributed by atoms with Crippen molar-refractivity contribution in [1.29, 1.82) is 0 Å². The first kappa shape index (κ1) is 10.8. The van der Waals surface area contributed by atoms with Crippen LogP contribution in [0.1, 0.15) is 17.5 Å². The summed E-state index contributed by atoms with van der Waals surface area (Å²) in [6.45, 7) is 0. The first-order valence-electron chi connectivity index (χ1n) is 6.37. The molecule has 2 aromatic rings. The van der Waals surface area contributed by atoms with Crippen molar-refractivity contribution in [3.05, 3.63) is 59.7 Å². The van der Waals surface area contributed by atoms with Gasteiger partial charge in [0.2, 0.25) is 0 Å². The number of hydrogen-bond acceptors (Lipinski definition) is 3. The van der Waals surface area contributed by atoms with Crippen molar-refractivity contribution in [2.45, 2.75) is 12.0 Å². The normalized spacial score (nSPS) is 19.3. The maximum absolute atomic E-state index is 11.8. The molecule has 0 aromatic heterocycles. The highest BCUT2D eigenvalue weighted by Crippen LogP contribution is 2.54. The third kappa shape index (κ3) is 1.18. The van der Waals surface area contributed by atoms with Crippen LogP contribution in [0.5, 0.6) is 0 Å². The fourth-order valence-corrected chi connectivity index (χ4v) is 3.42. The van der Waals surface area contributed by atoms with Gasteiger partial charge in [0.25, 0.3) is 0 Å². The fraction of sp³-hybridized carbons (Fsp3) is 0.188. The van der Waals surface area contributed by atoms with Gasteiger partial charge in [0.15, 0.2) is 0 Å². The van der Waals surface area contributed by atoms with Gasteiger partial charge in [-0.25, -0.2) is 0 Å². The number of nitrogens with zero attached hydrogens (tertiary/aromatic N) is 1. The number of fused-ring (bicyclic) bond motifs is 5. The monoisotopic (exact) mass is 251 g/mol. The molecule has 0 bridgehead atoms. The van der Waals surface area contributed by atoms with Gasteiger partial charge in [-0.1, -0.05) is 48.5 Å². The van der Waals surface area contributed by atoms with E-state index in [9.17, 15) is 4.79 Å². The van der Waals surface area contributed by atoms with Crippen LogP contribution in [0.2, 0.25) is 0 Å². The zero-order valence-electron chi connectivity index (χ0n) is 10.6. The van der Waals surface area contributed by atoms with E-state index >= 15 is 0 Å². The molecule has 1 saturated heterocycles. The Hall–Kier alpha value is -2.13. The van der Waals surface area contributed by atoms with Gasteiger partial charge in [0, 0.05) is 7.05 Å². The standard InChI is InChI=1S/C16H13NO2/c1-17-16(10-15(18)19-17)13-8-4-2-6-11(13)12-7-3-5-9-14(12)16/h2-9H,10H2,1H3. The Morgan fingerprint density at radius 2 is 1.53 bits per heavy atom. The predicted molar refractivity (Wildman–Crippen MR) is 71.1 cm³/mol. The van der Waals surface area contributed by atoms with Crippen molar-refractivity contribution in [3.63, 3.8) is 0 Å². The Bertz CT molecular complexity index is 647. The lowest BCUT2D eigenvalue weighted by molar-refractivity contribution is -0.174. The topological polar surface area (TPSA) is 29.5 Å². The Labute approximate surface area is 111 Å². The highest BCUT2D eigenvalue weighted by Gasteiger charge is 2.53. The molecule has 1 aliphatic heterocycles. The Balaban J connectivity index is 2.10. The number of carbonyl (C=O) groups excluding carboxylic acids is 1. The van der Waals surface area contributed by atoms with E-state index < -0.39 is 5.54 Å². The van der Waals surface area contributed by atoms with E-state index in [1.165, 1.54) is 11.1 Å². The van der Waals surface area contributed by atoms with E-state index in [2.05, 4.69) is 24.3 Å². The van der Waals surface area contributed by atoms with Gasteiger partial charge < -0.3 is 4.84 Å². The van der Waals surface area contributed by atoms with Crippen LogP contribution in [0.15, 0.2) is 48.5 Å². The molecular formula is C16H13NO2. The van der Waals surface area contributed by atoms with Crippen molar-refractivity contribution in [2.75, 3.05) is 7.05 Å². The van der Waals surface area contributed by atoms with Gasteiger partial charge in [0.1, 0.15) is 5.54 Å². The van der Waals surface area contributed by atoms with Crippen molar-refractivity contribution in [2.24, 2.45) is 0 Å². The SMILES string of the molecule is CN1OC(=O)CC12c1ccccc1-c1ccccc12. The smallest absolute Gasteiger partial charge is 0.327 e. The number of benzene rings is 2. The Morgan fingerprint density at radius 3 is 2.00 bits per heavy atom. The van der Waals surface area contributed by atoms with Crippen LogP contribution in [0.3, 0.4) is 0 Å². The summed E-state index contributed by atoms with van der Waals surface area (Å²) < 4.78 is 0. The molecule has 0 amide bonds. The minimum Gasteiger partial charge on any atom is -0.367 e. The zero-order chi connectivity index (χ0) is 13.0. The summed E-state index contributed by atoms with van der Waals surface area (Å²) >= 11 is 0. The molecule has 0 N–H and O–H groups in total. The average molecular weight is 251 g/mol. The molecule has 0 radical (unpaired) electrons. The Morgan fingerprint density at radius 1 is 1.00 bits per heavy atom. The van der Waals surface area contributed by atoms with Crippen LogP contribution < -0.4 is 0 Å². The molecule has 1 heterocycles. The van der Waals surface area contributed by atoms with E-state index in [0.29, 0.717) is 6.42 Å². The van der Waals surface area contributed by atoms with Crippen LogP contribution in [0, 0.1) is 0 Å².